The summed E-state index contributed by atoms with van der Waals surface area (Å²) in [6, 6.07) is 13.5. The predicted octanol–water partition coefficient (Wildman–Crippen LogP) is 3.93. The molecule has 0 atom stereocenters. The molecule has 0 amide bonds. The van der Waals surface area contributed by atoms with Gasteiger partial charge in [-0.25, -0.2) is 4.98 Å². The van der Waals surface area contributed by atoms with Crippen molar-refractivity contribution in [1.82, 2.24) is 9.97 Å². The van der Waals surface area contributed by atoms with Crippen LogP contribution >= 0.6 is 0 Å². The largest absolute Gasteiger partial charge is 0.485 e. The molecule has 23 heavy (non-hydrogen) atoms. The lowest BCUT2D eigenvalue weighted by Crippen LogP contribution is -2.14. The number of hydrogen-bond acceptors (Lipinski definition) is 3. The van der Waals surface area contributed by atoms with Crippen LogP contribution in [-0.2, 0) is 6.61 Å². The molecular formula is C19H20N2O2. The first-order valence-electron chi connectivity index (χ1n) is 7.76. The van der Waals surface area contributed by atoms with Crippen molar-refractivity contribution in [3.8, 4) is 5.75 Å². The fraction of sp³-hybridized carbons (Fsp3) is 0.263. The molecular weight excluding hydrogens is 288 g/mol. The maximum absolute atomic E-state index is 12.1. The summed E-state index contributed by atoms with van der Waals surface area (Å²) in [4.78, 5) is 19.3. The van der Waals surface area contributed by atoms with Crippen LogP contribution in [0.1, 0.15) is 36.7 Å². The molecule has 1 heterocycles. The number of ether oxygens (including phenoxy) is 1. The Kier molecular flexibility index (Phi) is 4.15. The van der Waals surface area contributed by atoms with Crippen LogP contribution in [0.15, 0.2) is 47.3 Å². The van der Waals surface area contributed by atoms with Crippen LogP contribution < -0.4 is 10.3 Å². The summed E-state index contributed by atoms with van der Waals surface area (Å²) in [7, 11) is 0. The zero-order chi connectivity index (χ0) is 16.4. The highest BCUT2D eigenvalue weighted by molar-refractivity contribution is 5.77. The maximum Gasteiger partial charge on any atom is 0.258 e. The molecule has 4 nitrogen and oxygen atoms in total. The normalized spacial score (nSPS) is 11.1. The smallest absolute Gasteiger partial charge is 0.258 e. The third kappa shape index (κ3) is 3.26. The van der Waals surface area contributed by atoms with Crippen LogP contribution in [0.3, 0.4) is 0 Å². The first-order valence-corrected chi connectivity index (χ1v) is 7.76. The van der Waals surface area contributed by atoms with E-state index in [4.69, 9.17) is 4.74 Å². The molecule has 2 aromatic carbocycles. The van der Waals surface area contributed by atoms with E-state index >= 15 is 0 Å². The van der Waals surface area contributed by atoms with Crippen molar-refractivity contribution in [1.29, 1.82) is 0 Å². The molecule has 0 aliphatic rings. The lowest BCUT2D eigenvalue weighted by atomic mass is 10.0. The molecule has 4 heteroatoms. The average Bonchev–Trinajstić information content (AvgIpc) is 2.53. The predicted molar refractivity (Wildman–Crippen MR) is 92.0 cm³/mol. The highest BCUT2D eigenvalue weighted by Crippen LogP contribution is 2.27. The summed E-state index contributed by atoms with van der Waals surface area (Å²) in [5, 5.41) is 0.592. The number of fused-ring (bicyclic) bond motifs is 1. The monoisotopic (exact) mass is 308 g/mol. The van der Waals surface area contributed by atoms with Crippen molar-refractivity contribution in [2.45, 2.75) is 33.3 Å². The van der Waals surface area contributed by atoms with Gasteiger partial charge >= 0.3 is 0 Å². The van der Waals surface area contributed by atoms with Gasteiger partial charge in [-0.1, -0.05) is 38.1 Å². The van der Waals surface area contributed by atoms with Crippen molar-refractivity contribution in [2.75, 3.05) is 0 Å². The molecule has 3 aromatic rings. The van der Waals surface area contributed by atoms with Crippen LogP contribution in [0, 0.1) is 6.92 Å². The second-order valence-corrected chi connectivity index (χ2v) is 6.01. The van der Waals surface area contributed by atoms with Gasteiger partial charge in [-0.15, -0.1) is 0 Å². The van der Waals surface area contributed by atoms with Gasteiger partial charge in [0.25, 0.3) is 5.56 Å². The van der Waals surface area contributed by atoms with Crippen LogP contribution in [-0.4, -0.2) is 9.97 Å². The number of benzene rings is 2. The Hall–Kier alpha value is -2.62. The zero-order valence-electron chi connectivity index (χ0n) is 13.6. The van der Waals surface area contributed by atoms with Crippen LogP contribution in [0.25, 0.3) is 10.9 Å². The second-order valence-electron chi connectivity index (χ2n) is 6.01. The molecule has 0 unspecified atom stereocenters. The molecule has 1 aromatic heterocycles. The van der Waals surface area contributed by atoms with Gasteiger partial charge in [0.15, 0.2) is 0 Å². The third-order valence-electron chi connectivity index (χ3n) is 3.82. The van der Waals surface area contributed by atoms with Gasteiger partial charge in [0.2, 0.25) is 0 Å². The van der Waals surface area contributed by atoms with Gasteiger partial charge in [-0.2, -0.15) is 0 Å². The number of hydrogen-bond donors (Lipinski definition) is 1. The summed E-state index contributed by atoms with van der Waals surface area (Å²) in [5.74, 6) is 1.75. The molecule has 0 spiro atoms. The minimum Gasteiger partial charge on any atom is -0.485 e. The molecule has 0 aliphatic heterocycles. The SMILES string of the molecule is Cc1ccc(C(C)C)c(OCc2nc3ccccc3c(=O)[nH]2)c1. The summed E-state index contributed by atoms with van der Waals surface area (Å²) < 4.78 is 5.94. The molecule has 0 saturated heterocycles. The third-order valence-corrected chi connectivity index (χ3v) is 3.82. The van der Waals surface area contributed by atoms with Crippen molar-refractivity contribution in [3.05, 3.63) is 69.8 Å². The van der Waals surface area contributed by atoms with Gasteiger partial charge in [0.1, 0.15) is 18.2 Å². The summed E-state index contributed by atoms with van der Waals surface area (Å²) in [6.07, 6.45) is 0. The number of aromatic nitrogens is 2. The van der Waals surface area contributed by atoms with Crippen LogP contribution in [0.2, 0.25) is 0 Å². The Morgan fingerprint density at radius 3 is 2.74 bits per heavy atom. The summed E-state index contributed by atoms with van der Waals surface area (Å²) in [5.41, 5.74) is 2.84. The molecule has 0 aliphatic carbocycles. The lowest BCUT2D eigenvalue weighted by molar-refractivity contribution is 0.291. The fourth-order valence-electron chi connectivity index (χ4n) is 2.59. The Balaban J connectivity index is 1.89. The molecule has 0 bridgehead atoms. The summed E-state index contributed by atoms with van der Waals surface area (Å²) in [6.45, 7) is 6.54. The Morgan fingerprint density at radius 1 is 1.17 bits per heavy atom. The minimum absolute atomic E-state index is 0.137. The number of aromatic amines is 1. The quantitative estimate of drug-likeness (QED) is 0.794. The molecule has 118 valence electrons. The van der Waals surface area contributed by atoms with E-state index in [9.17, 15) is 4.79 Å². The lowest BCUT2D eigenvalue weighted by Gasteiger charge is -2.14. The molecule has 0 fully saturated rings. The molecule has 0 radical (unpaired) electrons. The standard InChI is InChI=1S/C19H20N2O2/c1-12(2)14-9-8-13(3)10-17(14)23-11-18-20-16-7-5-4-6-15(16)19(22)21-18/h4-10,12H,11H2,1-3H3,(H,20,21,22). The van der Waals surface area contributed by atoms with E-state index in [-0.39, 0.29) is 12.2 Å². The van der Waals surface area contributed by atoms with Crippen molar-refractivity contribution in [2.24, 2.45) is 0 Å². The Morgan fingerprint density at radius 2 is 1.96 bits per heavy atom. The van der Waals surface area contributed by atoms with Crippen molar-refractivity contribution < 1.29 is 4.74 Å². The minimum atomic E-state index is -0.137. The van der Waals surface area contributed by atoms with E-state index in [0.29, 0.717) is 22.6 Å². The average molecular weight is 308 g/mol. The number of para-hydroxylation sites is 1. The van der Waals surface area contributed by atoms with E-state index in [1.54, 1.807) is 6.07 Å². The Labute approximate surface area is 135 Å². The van der Waals surface area contributed by atoms with Gasteiger partial charge in [-0.05, 0) is 42.2 Å². The molecule has 1 N–H and O–H groups in total. The number of rotatable bonds is 4. The molecule has 0 saturated carbocycles. The number of nitrogens with zero attached hydrogens (tertiary/aromatic N) is 1. The first-order chi connectivity index (χ1) is 11.0. The maximum atomic E-state index is 12.1. The highest BCUT2D eigenvalue weighted by atomic mass is 16.5. The van der Waals surface area contributed by atoms with Crippen molar-refractivity contribution >= 4 is 10.9 Å². The van der Waals surface area contributed by atoms with Crippen LogP contribution in [0.5, 0.6) is 5.75 Å². The van der Waals surface area contributed by atoms with Gasteiger partial charge in [0, 0.05) is 0 Å². The van der Waals surface area contributed by atoms with Gasteiger partial charge < -0.3 is 9.72 Å². The topological polar surface area (TPSA) is 55.0 Å². The molecule has 3 rings (SSSR count). The number of H-pyrrole nitrogens is 1. The van der Waals surface area contributed by atoms with E-state index in [1.807, 2.05) is 31.2 Å². The van der Waals surface area contributed by atoms with Crippen molar-refractivity contribution in [3.63, 3.8) is 0 Å². The van der Waals surface area contributed by atoms with E-state index < -0.39 is 0 Å². The van der Waals surface area contributed by atoms with E-state index in [0.717, 1.165) is 16.9 Å². The summed E-state index contributed by atoms with van der Waals surface area (Å²) >= 11 is 0. The highest BCUT2D eigenvalue weighted by Gasteiger charge is 2.10. The first kappa shape index (κ1) is 15.3. The number of aryl methyl sites for hydroxylation is 1. The fourth-order valence-corrected chi connectivity index (χ4v) is 2.59. The second kappa shape index (κ2) is 6.24. The van der Waals surface area contributed by atoms with E-state index in [2.05, 4.69) is 35.9 Å². The van der Waals surface area contributed by atoms with E-state index in [1.165, 1.54) is 0 Å². The number of nitrogens with one attached hydrogen (secondary N) is 1. The Bertz CT molecular complexity index is 897. The van der Waals surface area contributed by atoms with Gasteiger partial charge in [-0.3, -0.25) is 4.79 Å². The zero-order valence-corrected chi connectivity index (χ0v) is 13.6. The van der Waals surface area contributed by atoms with Crippen LogP contribution in [0.4, 0.5) is 0 Å². The van der Waals surface area contributed by atoms with Gasteiger partial charge in [0.05, 0.1) is 10.9 Å².